The van der Waals surface area contributed by atoms with Gasteiger partial charge < -0.3 is 4.74 Å². The summed E-state index contributed by atoms with van der Waals surface area (Å²) >= 11 is 1.19. The van der Waals surface area contributed by atoms with Crippen LogP contribution in [0.4, 0.5) is 5.69 Å². The summed E-state index contributed by atoms with van der Waals surface area (Å²) in [7, 11) is 1.28. The number of thiophene rings is 1. The lowest BCUT2D eigenvalue weighted by molar-refractivity contribution is 0.0607. The summed E-state index contributed by atoms with van der Waals surface area (Å²) in [5.74, 6) is -0.476. The molecular weight excluding hydrogens is 180 g/mol. The largest absolute Gasteiger partial charge is 0.465 e. The van der Waals surface area contributed by atoms with Crippen LogP contribution >= 0.6 is 11.3 Å². The zero-order valence-electron chi connectivity index (χ0n) is 6.23. The van der Waals surface area contributed by atoms with Gasteiger partial charge in [-0.25, -0.2) is 10.2 Å². The third-order valence-corrected chi connectivity index (χ3v) is 2.10. The Balaban J connectivity index is 2.90. The molecule has 1 aromatic rings. The molecule has 0 unspecified atom stereocenters. The molecule has 1 N–H and O–H groups in total. The van der Waals surface area contributed by atoms with E-state index >= 15 is 0 Å². The summed E-state index contributed by atoms with van der Waals surface area (Å²) in [6, 6.07) is 1.58. The van der Waals surface area contributed by atoms with Crippen LogP contribution in [0.3, 0.4) is 0 Å². The van der Waals surface area contributed by atoms with Crippen LogP contribution in [-0.2, 0) is 4.74 Å². The Kier molecular flexibility index (Phi) is 2.76. The molecule has 1 heterocycles. The molecule has 1 rings (SSSR count). The van der Waals surface area contributed by atoms with Crippen molar-refractivity contribution in [1.82, 2.24) is 0 Å². The Morgan fingerprint density at radius 2 is 2.50 bits per heavy atom. The highest BCUT2D eigenvalue weighted by molar-refractivity contribution is 7.12. The first-order valence-corrected chi connectivity index (χ1v) is 3.91. The number of ether oxygens (including phenoxy) is 1. The van der Waals surface area contributed by atoms with Gasteiger partial charge in [0.1, 0.15) is 4.88 Å². The monoisotopic (exact) mass is 186 g/mol. The SMILES string of the molecule is COC(=O)c1sccc1NN=O. The zero-order valence-corrected chi connectivity index (χ0v) is 7.05. The number of rotatable bonds is 3. The molecule has 6 heteroatoms. The van der Waals surface area contributed by atoms with Crippen LogP contribution in [0.2, 0.25) is 0 Å². The minimum atomic E-state index is -0.476. The highest BCUT2D eigenvalue weighted by atomic mass is 32.1. The van der Waals surface area contributed by atoms with Crippen LogP contribution in [0.15, 0.2) is 16.7 Å². The van der Waals surface area contributed by atoms with Crippen molar-refractivity contribution in [3.63, 3.8) is 0 Å². The number of carbonyl (C=O) groups is 1. The Morgan fingerprint density at radius 1 is 1.75 bits per heavy atom. The second-order valence-corrected chi connectivity index (χ2v) is 2.77. The molecule has 0 bridgehead atoms. The van der Waals surface area contributed by atoms with Crippen LogP contribution in [0, 0.1) is 4.91 Å². The van der Waals surface area contributed by atoms with Gasteiger partial charge in [-0.3, -0.25) is 0 Å². The summed E-state index contributed by atoms with van der Waals surface area (Å²) in [6.07, 6.45) is 0. The second kappa shape index (κ2) is 3.82. The van der Waals surface area contributed by atoms with Gasteiger partial charge in [-0.15, -0.1) is 16.2 Å². The molecule has 12 heavy (non-hydrogen) atoms. The van der Waals surface area contributed by atoms with Gasteiger partial charge in [-0.2, -0.15) is 0 Å². The maximum Gasteiger partial charge on any atom is 0.350 e. The third kappa shape index (κ3) is 1.59. The van der Waals surface area contributed by atoms with E-state index in [4.69, 9.17) is 0 Å². The molecule has 0 amide bonds. The predicted molar refractivity (Wildman–Crippen MR) is 45.1 cm³/mol. The van der Waals surface area contributed by atoms with E-state index in [9.17, 15) is 9.70 Å². The number of nitrogens with one attached hydrogen (secondary N) is 1. The molecule has 64 valence electrons. The van der Waals surface area contributed by atoms with E-state index in [1.807, 2.05) is 0 Å². The van der Waals surface area contributed by atoms with E-state index < -0.39 is 5.97 Å². The van der Waals surface area contributed by atoms with Crippen LogP contribution in [0.5, 0.6) is 0 Å². The lowest BCUT2D eigenvalue weighted by atomic mass is 10.4. The van der Waals surface area contributed by atoms with Crippen LogP contribution in [0.1, 0.15) is 9.67 Å². The maximum absolute atomic E-state index is 11.0. The van der Waals surface area contributed by atoms with Crippen molar-refractivity contribution in [2.24, 2.45) is 5.29 Å². The second-order valence-electron chi connectivity index (χ2n) is 1.86. The van der Waals surface area contributed by atoms with Crippen LogP contribution in [0.25, 0.3) is 0 Å². The number of hydrogen-bond acceptors (Lipinski definition) is 5. The molecule has 5 nitrogen and oxygen atoms in total. The van der Waals surface area contributed by atoms with Gasteiger partial charge in [-0.1, -0.05) is 0 Å². The third-order valence-electron chi connectivity index (χ3n) is 1.20. The molecule has 0 radical (unpaired) electrons. The summed E-state index contributed by atoms with van der Waals surface area (Å²) in [6.45, 7) is 0. The minimum absolute atomic E-state index is 0.345. The van der Waals surface area contributed by atoms with Crippen molar-refractivity contribution < 1.29 is 9.53 Å². The van der Waals surface area contributed by atoms with E-state index in [1.165, 1.54) is 18.4 Å². The molecule has 0 aromatic carbocycles. The van der Waals surface area contributed by atoms with Gasteiger partial charge in [0.2, 0.25) is 0 Å². The van der Waals surface area contributed by atoms with Crippen molar-refractivity contribution in [2.45, 2.75) is 0 Å². The van der Waals surface area contributed by atoms with Crippen molar-refractivity contribution in [3.05, 3.63) is 21.2 Å². The van der Waals surface area contributed by atoms with Crippen molar-refractivity contribution in [1.29, 1.82) is 0 Å². The number of esters is 1. The predicted octanol–water partition coefficient (Wildman–Crippen LogP) is 1.63. The first-order chi connectivity index (χ1) is 5.79. The smallest absolute Gasteiger partial charge is 0.350 e. The van der Waals surface area contributed by atoms with Crippen molar-refractivity contribution >= 4 is 23.0 Å². The standard InChI is InChI=1S/C6H6N2O3S/c1-11-6(9)5-4(7-8-10)2-3-12-5/h2-3H,1H3,(H,7,10). The van der Waals surface area contributed by atoms with Crippen LogP contribution < -0.4 is 5.43 Å². The van der Waals surface area contributed by atoms with Gasteiger partial charge in [0.05, 0.1) is 18.1 Å². The number of carbonyl (C=O) groups excluding carboxylic acids is 1. The summed E-state index contributed by atoms with van der Waals surface area (Å²) in [5, 5.41) is 4.12. The van der Waals surface area contributed by atoms with E-state index in [1.54, 1.807) is 11.4 Å². The highest BCUT2D eigenvalue weighted by Gasteiger charge is 2.12. The Morgan fingerprint density at radius 3 is 3.08 bits per heavy atom. The van der Waals surface area contributed by atoms with Gasteiger partial charge >= 0.3 is 5.97 Å². The maximum atomic E-state index is 11.0. The lowest BCUT2D eigenvalue weighted by Crippen LogP contribution is -2.01. The van der Waals surface area contributed by atoms with E-state index in [0.29, 0.717) is 10.6 Å². The van der Waals surface area contributed by atoms with Crippen molar-refractivity contribution in [3.8, 4) is 0 Å². The van der Waals surface area contributed by atoms with Gasteiger partial charge in [0.15, 0.2) is 0 Å². The van der Waals surface area contributed by atoms with E-state index in [2.05, 4.69) is 15.4 Å². The summed E-state index contributed by atoms with van der Waals surface area (Å²) in [5.41, 5.74) is 2.53. The number of methoxy groups -OCH3 is 1. The molecule has 0 aliphatic rings. The fourth-order valence-corrected chi connectivity index (χ4v) is 1.46. The fourth-order valence-electron chi connectivity index (χ4n) is 0.697. The molecule has 0 atom stereocenters. The molecule has 0 saturated heterocycles. The lowest BCUT2D eigenvalue weighted by Gasteiger charge is -1.97. The number of hydrogen-bond donors (Lipinski definition) is 1. The van der Waals surface area contributed by atoms with E-state index in [-0.39, 0.29) is 0 Å². The fraction of sp³-hybridized carbons (Fsp3) is 0.167. The Labute approximate surface area is 72.3 Å². The van der Waals surface area contributed by atoms with Gasteiger partial charge in [-0.05, 0) is 11.4 Å². The molecule has 0 aliphatic heterocycles. The zero-order chi connectivity index (χ0) is 8.97. The first kappa shape index (κ1) is 8.66. The number of anilines is 1. The average Bonchev–Trinajstić information content (AvgIpc) is 2.52. The molecular formula is C6H6N2O3S. The summed E-state index contributed by atoms with van der Waals surface area (Å²) < 4.78 is 4.47. The van der Waals surface area contributed by atoms with E-state index in [0.717, 1.165) is 0 Å². The molecule has 0 saturated carbocycles. The van der Waals surface area contributed by atoms with Gasteiger partial charge in [0, 0.05) is 0 Å². The topological polar surface area (TPSA) is 67.8 Å². The Hall–Kier alpha value is -1.43. The van der Waals surface area contributed by atoms with Crippen molar-refractivity contribution in [2.75, 3.05) is 12.5 Å². The average molecular weight is 186 g/mol. The molecule has 1 aromatic heterocycles. The van der Waals surface area contributed by atoms with Crippen LogP contribution in [-0.4, -0.2) is 13.1 Å². The molecule has 0 spiro atoms. The molecule has 0 fully saturated rings. The number of nitrogens with zero attached hydrogens (tertiary/aromatic N) is 1. The molecule has 0 aliphatic carbocycles. The first-order valence-electron chi connectivity index (χ1n) is 3.03. The number of nitroso groups, excluding NO2 is 1. The normalized spacial score (nSPS) is 9.08. The minimum Gasteiger partial charge on any atom is -0.465 e. The Bertz CT molecular complexity index is 297. The summed E-state index contributed by atoms with van der Waals surface area (Å²) in [4.78, 5) is 21.1. The highest BCUT2D eigenvalue weighted by Crippen LogP contribution is 2.22. The van der Waals surface area contributed by atoms with Gasteiger partial charge in [0.25, 0.3) is 0 Å². The quantitative estimate of drug-likeness (QED) is 0.442.